The second kappa shape index (κ2) is 2.55. The molecule has 0 N–H and O–H groups in total. The first kappa shape index (κ1) is 8.08. The highest BCUT2D eigenvalue weighted by molar-refractivity contribution is 5.43. The van der Waals surface area contributed by atoms with Crippen LogP contribution in [-0.4, -0.2) is 21.1 Å². The van der Waals surface area contributed by atoms with E-state index >= 15 is 0 Å². The van der Waals surface area contributed by atoms with E-state index in [4.69, 9.17) is 0 Å². The standard InChI is InChI=1S/C9H13NO/c1-10(2,3)8-4-6-9(11)7-5-8/h4-7H,1-3H3/q+1. The molecule has 0 aliphatic heterocycles. The van der Waals surface area contributed by atoms with Gasteiger partial charge in [-0.3, -0.25) is 9.59 Å². The Bertz CT molecular complexity index is 233. The zero-order valence-electron chi connectivity index (χ0n) is 7.16. The Morgan fingerprint density at radius 1 is 1.00 bits per heavy atom. The Hall–Kier alpha value is -1.02. The van der Waals surface area contributed by atoms with E-state index in [0.29, 0.717) is 0 Å². The molecule has 59 valence electrons. The first-order valence-electron chi connectivity index (χ1n) is 3.59. The minimum absolute atomic E-state index is 0.0715. The van der Waals surface area contributed by atoms with Crippen molar-refractivity contribution >= 4 is 5.69 Å². The van der Waals surface area contributed by atoms with E-state index in [2.05, 4.69) is 21.1 Å². The molecule has 1 aromatic rings. The predicted molar refractivity (Wildman–Crippen MR) is 46.1 cm³/mol. The van der Waals surface area contributed by atoms with Gasteiger partial charge in [-0.2, -0.15) is 0 Å². The zero-order valence-corrected chi connectivity index (χ0v) is 7.16. The normalized spacial score (nSPS) is 11.5. The lowest BCUT2D eigenvalue weighted by molar-refractivity contribution is 0.354. The average Bonchev–Trinajstić information content (AvgIpc) is 1.86. The molecule has 2 heteroatoms. The molecule has 0 amide bonds. The van der Waals surface area contributed by atoms with E-state index in [-0.39, 0.29) is 5.75 Å². The second-order valence-corrected chi connectivity index (χ2v) is 3.51. The highest BCUT2D eigenvalue weighted by Gasteiger charge is 2.10. The highest BCUT2D eigenvalue weighted by atomic mass is 16.3. The van der Waals surface area contributed by atoms with Crippen molar-refractivity contribution in [2.24, 2.45) is 0 Å². The van der Waals surface area contributed by atoms with Crippen LogP contribution in [0.5, 0.6) is 5.75 Å². The largest absolute Gasteiger partial charge is 0.298 e. The summed E-state index contributed by atoms with van der Waals surface area (Å²) in [6, 6.07) is 6.92. The number of hydrogen-bond donors (Lipinski definition) is 0. The van der Waals surface area contributed by atoms with Crippen LogP contribution < -0.4 is 4.48 Å². The van der Waals surface area contributed by atoms with E-state index in [1.54, 1.807) is 12.1 Å². The van der Waals surface area contributed by atoms with Gasteiger partial charge in [-0.25, -0.2) is 0 Å². The summed E-state index contributed by atoms with van der Waals surface area (Å²) in [5.74, 6) is 0.0715. The quantitative estimate of drug-likeness (QED) is 0.547. The van der Waals surface area contributed by atoms with E-state index in [9.17, 15) is 5.11 Å². The molecule has 0 saturated carbocycles. The van der Waals surface area contributed by atoms with Crippen molar-refractivity contribution in [2.75, 3.05) is 21.1 Å². The molecule has 11 heavy (non-hydrogen) atoms. The van der Waals surface area contributed by atoms with Crippen LogP contribution in [-0.2, 0) is 5.11 Å². The van der Waals surface area contributed by atoms with Crippen molar-refractivity contribution in [1.29, 1.82) is 0 Å². The Morgan fingerprint density at radius 3 is 1.82 bits per heavy atom. The van der Waals surface area contributed by atoms with Crippen molar-refractivity contribution in [2.45, 2.75) is 0 Å². The Morgan fingerprint density at radius 2 is 1.45 bits per heavy atom. The molecular weight excluding hydrogens is 138 g/mol. The van der Waals surface area contributed by atoms with Crippen molar-refractivity contribution in [3.8, 4) is 5.75 Å². The van der Waals surface area contributed by atoms with Gasteiger partial charge in [-0.1, -0.05) is 0 Å². The summed E-state index contributed by atoms with van der Waals surface area (Å²) < 4.78 is 0.750. The fourth-order valence-electron chi connectivity index (χ4n) is 0.893. The number of benzene rings is 1. The molecule has 0 aliphatic carbocycles. The lowest BCUT2D eigenvalue weighted by Crippen LogP contribution is -2.34. The third-order valence-electron chi connectivity index (χ3n) is 1.61. The van der Waals surface area contributed by atoms with Gasteiger partial charge in [0.1, 0.15) is 5.69 Å². The topological polar surface area (TPSA) is 19.9 Å². The molecule has 0 heterocycles. The summed E-state index contributed by atoms with van der Waals surface area (Å²) >= 11 is 0. The van der Waals surface area contributed by atoms with Crippen molar-refractivity contribution in [3.63, 3.8) is 0 Å². The molecule has 1 rings (SSSR count). The zero-order chi connectivity index (χ0) is 8.48. The smallest absolute Gasteiger partial charge is 0.179 e. The fraction of sp³-hybridized carbons (Fsp3) is 0.333. The van der Waals surface area contributed by atoms with E-state index in [1.165, 1.54) is 0 Å². The molecule has 1 radical (unpaired) electrons. The Kier molecular flexibility index (Phi) is 1.87. The van der Waals surface area contributed by atoms with Gasteiger partial charge < -0.3 is 0 Å². The van der Waals surface area contributed by atoms with Crippen LogP contribution in [0.25, 0.3) is 0 Å². The monoisotopic (exact) mass is 151 g/mol. The maximum Gasteiger partial charge on any atom is 0.179 e. The van der Waals surface area contributed by atoms with Gasteiger partial charge in [0.05, 0.1) is 21.1 Å². The van der Waals surface area contributed by atoms with Crippen LogP contribution in [0.15, 0.2) is 24.3 Å². The Balaban J connectivity index is 2.99. The predicted octanol–water partition coefficient (Wildman–Crippen LogP) is 2.03. The second-order valence-electron chi connectivity index (χ2n) is 3.51. The molecule has 0 saturated heterocycles. The number of nitrogens with zero attached hydrogens (tertiary/aromatic N) is 1. The van der Waals surface area contributed by atoms with Gasteiger partial charge in [0.15, 0.2) is 5.75 Å². The van der Waals surface area contributed by atoms with Gasteiger partial charge in [0.25, 0.3) is 0 Å². The molecule has 0 aromatic heterocycles. The summed E-state index contributed by atoms with van der Waals surface area (Å²) in [6.07, 6.45) is 0. The van der Waals surface area contributed by atoms with Gasteiger partial charge >= 0.3 is 0 Å². The summed E-state index contributed by atoms with van der Waals surface area (Å²) in [4.78, 5) is 0. The van der Waals surface area contributed by atoms with Crippen LogP contribution in [0.2, 0.25) is 0 Å². The van der Waals surface area contributed by atoms with Crippen LogP contribution in [0.1, 0.15) is 0 Å². The van der Waals surface area contributed by atoms with Crippen molar-refractivity contribution in [3.05, 3.63) is 24.3 Å². The first-order valence-corrected chi connectivity index (χ1v) is 3.59. The van der Waals surface area contributed by atoms with Gasteiger partial charge in [-0.05, 0) is 12.1 Å². The molecule has 0 unspecified atom stereocenters. The summed E-state index contributed by atoms with van der Waals surface area (Å²) in [5.41, 5.74) is 1.14. The SMILES string of the molecule is C[N+](C)(C)c1ccc([O])cc1. The lowest BCUT2D eigenvalue weighted by Gasteiger charge is -2.22. The summed E-state index contributed by atoms with van der Waals surface area (Å²) in [7, 11) is 6.21. The third-order valence-corrected chi connectivity index (χ3v) is 1.61. The van der Waals surface area contributed by atoms with Crippen LogP contribution in [0.4, 0.5) is 5.69 Å². The summed E-state index contributed by atoms with van der Waals surface area (Å²) in [6.45, 7) is 0. The fourth-order valence-corrected chi connectivity index (χ4v) is 0.893. The van der Waals surface area contributed by atoms with Gasteiger partial charge in [-0.15, -0.1) is 0 Å². The van der Waals surface area contributed by atoms with Crippen molar-refractivity contribution in [1.82, 2.24) is 4.48 Å². The third kappa shape index (κ3) is 1.95. The molecular formula is C9H13NO+. The Labute approximate surface area is 67.3 Å². The number of hydrogen-bond acceptors (Lipinski definition) is 0. The van der Waals surface area contributed by atoms with Gasteiger partial charge in [0.2, 0.25) is 0 Å². The highest BCUT2D eigenvalue weighted by Crippen LogP contribution is 2.19. The van der Waals surface area contributed by atoms with E-state index in [1.807, 2.05) is 12.1 Å². The minimum atomic E-state index is 0.0715. The molecule has 1 aromatic carbocycles. The molecule has 0 atom stereocenters. The number of rotatable bonds is 1. The molecule has 2 nitrogen and oxygen atoms in total. The molecule has 0 spiro atoms. The van der Waals surface area contributed by atoms with Crippen molar-refractivity contribution < 1.29 is 5.11 Å². The van der Waals surface area contributed by atoms with Crippen LogP contribution in [0.3, 0.4) is 0 Å². The van der Waals surface area contributed by atoms with E-state index in [0.717, 1.165) is 10.2 Å². The van der Waals surface area contributed by atoms with Gasteiger partial charge in [0, 0.05) is 12.1 Å². The first-order chi connectivity index (χ1) is 5.00. The van der Waals surface area contributed by atoms with E-state index < -0.39 is 0 Å². The maximum atomic E-state index is 10.7. The van der Waals surface area contributed by atoms with Crippen LogP contribution in [0, 0.1) is 0 Å². The lowest BCUT2D eigenvalue weighted by atomic mass is 10.2. The molecule has 0 aliphatic rings. The molecule has 0 fully saturated rings. The minimum Gasteiger partial charge on any atom is -0.298 e. The summed E-state index contributed by atoms with van der Waals surface area (Å²) in [5, 5.41) is 10.7. The van der Waals surface area contributed by atoms with Crippen LogP contribution >= 0.6 is 0 Å². The average molecular weight is 151 g/mol. The number of quaternary nitrogens is 1. The maximum absolute atomic E-state index is 10.7. The molecule has 0 bridgehead atoms.